The number of hydrogen-bond donors (Lipinski definition) is 1. The van der Waals surface area contributed by atoms with Gasteiger partial charge < -0.3 is 10.2 Å². The molecule has 4 heteroatoms. The fourth-order valence-electron chi connectivity index (χ4n) is 1.55. The average Bonchev–Trinajstić information content (AvgIpc) is 2.68. The Labute approximate surface area is 89.1 Å². The van der Waals surface area contributed by atoms with Crippen molar-refractivity contribution in [3.63, 3.8) is 0 Å². The number of aromatic nitrogens is 1. The van der Waals surface area contributed by atoms with Gasteiger partial charge >= 0.3 is 0 Å². The van der Waals surface area contributed by atoms with Gasteiger partial charge in [0.2, 0.25) is 0 Å². The third-order valence-corrected chi connectivity index (χ3v) is 3.83. The van der Waals surface area contributed by atoms with E-state index in [-0.39, 0.29) is 0 Å². The van der Waals surface area contributed by atoms with Gasteiger partial charge in [0.15, 0.2) is 5.13 Å². The maximum atomic E-state index is 4.48. The van der Waals surface area contributed by atoms with Gasteiger partial charge in [-0.3, -0.25) is 0 Å². The minimum absolute atomic E-state index is 0.601. The second kappa shape index (κ2) is 4.28. The van der Waals surface area contributed by atoms with Gasteiger partial charge in [0, 0.05) is 37.3 Å². The largest absolute Gasteiger partial charge is 0.346 e. The first-order valence-corrected chi connectivity index (χ1v) is 6.00. The molecule has 3 nitrogen and oxygen atoms in total. The highest BCUT2D eigenvalue weighted by Crippen LogP contribution is 2.27. The molecule has 1 fully saturated rings. The smallest absolute Gasteiger partial charge is 0.185 e. The molecule has 1 aromatic heterocycles. The van der Waals surface area contributed by atoms with Gasteiger partial charge in [-0.1, -0.05) is 13.8 Å². The molecule has 1 aromatic rings. The molecule has 78 valence electrons. The summed E-state index contributed by atoms with van der Waals surface area (Å²) in [6.45, 7) is 8.77. The summed E-state index contributed by atoms with van der Waals surface area (Å²) < 4.78 is 0. The van der Waals surface area contributed by atoms with Crippen LogP contribution < -0.4 is 10.2 Å². The molecule has 0 atom stereocenters. The van der Waals surface area contributed by atoms with Gasteiger partial charge in [-0.05, 0) is 5.92 Å². The summed E-state index contributed by atoms with van der Waals surface area (Å²) in [5.41, 5.74) is 0. The van der Waals surface area contributed by atoms with Gasteiger partial charge in [0.25, 0.3) is 0 Å². The van der Waals surface area contributed by atoms with Crippen LogP contribution in [-0.2, 0) is 0 Å². The molecule has 0 aromatic carbocycles. The normalized spacial score (nSPS) is 17.8. The second-order valence-corrected chi connectivity index (χ2v) is 4.98. The van der Waals surface area contributed by atoms with Crippen LogP contribution in [0.1, 0.15) is 24.6 Å². The fourth-order valence-corrected chi connectivity index (χ4v) is 2.52. The summed E-state index contributed by atoms with van der Waals surface area (Å²) >= 11 is 1.83. The summed E-state index contributed by atoms with van der Waals surface area (Å²) in [5.74, 6) is 0.601. The first-order chi connectivity index (χ1) is 6.77. The summed E-state index contributed by atoms with van der Waals surface area (Å²) in [7, 11) is 0. The van der Waals surface area contributed by atoms with Crippen LogP contribution in [0.3, 0.4) is 0 Å². The van der Waals surface area contributed by atoms with Crippen LogP contribution >= 0.6 is 11.3 Å². The molecule has 0 bridgehead atoms. The molecular formula is C10H17N3S. The molecule has 2 heterocycles. The highest BCUT2D eigenvalue weighted by Gasteiger charge is 2.14. The maximum Gasteiger partial charge on any atom is 0.185 e. The van der Waals surface area contributed by atoms with Crippen molar-refractivity contribution in [2.24, 2.45) is 0 Å². The minimum atomic E-state index is 0.601. The van der Waals surface area contributed by atoms with Gasteiger partial charge in [-0.25, -0.2) is 4.98 Å². The van der Waals surface area contributed by atoms with Crippen molar-refractivity contribution in [2.45, 2.75) is 19.8 Å². The van der Waals surface area contributed by atoms with Crippen molar-refractivity contribution in [3.8, 4) is 0 Å². The quantitative estimate of drug-likeness (QED) is 0.806. The summed E-state index contributed by atoms with van der Waals surface area (Å²) in [4.78, 5) is 8.23. The average molecular weight is 211 g/mol. The molecule has 0 amide bonds. The molecule has 0 radical (unpaired) electrons. The number of hydrogen-bond acceptors (Lipinski definition) is 4. The number of nitrogens with one attached hydrogen (secondary N) is 1. The molecule has 0 spiro atoms. The molecule has 1 aliphatic heterocycles. The van der Waals surface area contributed by atoms with Crippen molar-refractivity contribution < 1.29 is 0 Å². The van der Waals surface area contributed by atoms with E-state index in [0.29, 0.717) is 5.92 Å². The summed E-state index contributed by atoms with van der Waals surface area (Å²) in [6.07, 6.45) is 2.02. The van der Waals surface area contributed by atoms with Crippen molar-refractivity contribution in [1.29, 1.82) is 0 Å². The van der Waals surface area contributed by atoms with E-state index in [1.54, 1.807) is 0 Å². The first kappa shape index (κ1) is 9.93. The topological polar surface area (TPSA) is 28.2 Å². The van der Waals surface area contributed by atoms with E-state index >= 15 is 0 Å². The van der Waals surface area contributed by atoms with Gasteiger partial charge in [0.1, 0.15) is 0 Å². The van der Waals surface area contributed by atoms with Crippen LogP contribution in [0, 0.1) is 0 Å². The van der Waals surface area contributed by atoms with Crippen LogP contribution in [0.5, 0.6) is 0 Å². The highest BCUT2D eigenvalue weighted by atomic mass is 32.1. The van der Waals surface area contributed by atoms with E-state index < -0.39 is 0 Å². The molecule has 1 aliphatic rings. The molecule has 0 saturated carbocycles. The Balaban J connectivity index is 2.07. The highest BCUT2D eigenvalue weighted by molar-refractivity contribution is 7.15. The predicted octanol–water partition coefficient (Wildman–Crippen LogP) is 1.68. The Morgan fingerprint density at radius 1 is 1.43 bits per heavy atom. The van der Waals surface area contributed by atoms with E-state index in [1.165, 1.54) is 10.0 Å². The van der Waals surface area contributed by atoms with Gasteiger partial charge in [-0.2, -0.15) is 0 Å². The first-order valence-electron chi connectivity index (χ1n) is 5.19. The van der Waals surface area contributed by atoms with E-state index in [0.717, 1.165) is 26.2 Å². The lowest BCUT2D eigenvalue weighted by Crippen LogP contribution is -2.43. The van der Waals surface area contributed by atoms with Gasteiger partial charge in [-0.15, -0.1) is 11.3 Å². The van der Waals surface area contributed by atoms with Crippen LogP contribution in [0.15, 0.2) is 6.20 Å². The number of thiazole rings is 1. The second-order valence-electron chi connectivity index (χ2n) is 3.94. The third-order valence-electron chi connectivity index (χ3n) is 2.47. The zero-order valence-corrected chi connectivity index (χ0v) is 9.60. The maximum absolute atomic E-state index is 4.48. The van der Waals surface area contributed by atoms with Crippen molar-refractivity contribution >= 4 is 16.5 Å². The number of rotatable bonds is 2. The lowest BCUT2D eigenvalue weighted by Gasteiger charge is -2.26. The molecule has 1 N–H and O–H groups in total. The van der Waals surface area contributed by atoms with Crippen molar-refractivity contribution in [2.75, 3.05) is 31.1 Å². The zero-order chi connectivity index (χ0) is 9.97. The van der Waals surface area contributed by atoms with Gasteiger partial charge in [0.05, 0.1) is 0 Å². The fraction of sp³-hybridized carbons (Fsp3) is 0.700. The lowest BCUT2D eigenvalue weighted by atomic mass is 10.2. The number of anilines is 1. The minimum Gasteiger partial charge on any atom is -0.346 e. The molecule has 2 rings (SSSR count). The Kier molecular flexibility index (Phi) is 3.03. The Bertz CT molecular complexity index is 289. The van der Waals surface area contributed by atoms with Crippen molar-refractivity contribution in [3.05, 3.63) is 11.1 Å². The SMILES string of the molecule is CC(C)c1cnc(N2CCNCC2)s1. The van der Waals surface area contributed by atoms with E-state index in [1.807, 2.05) is 17.5 Å². The molecule has 14 heavy (non-hydrogen) atoms. The third kappa shape index (κ3) is 2.07. The van der Waals surface area contributed by atoms with Crippen LogP contribution in [0.25, 0.3) is 0 Å². The van der Waals surface area contributed by atoms with Crippen LogP contribution in [-0.4, -0.2) is 31.2 Å². The predicted molar refractivity (Wildman–Crippen MR) is 61.3 cm³/mol. The monoisotopic (exact) mass is 211 g/mol. The van der Waals surface area contributed by atoms with Crippen molar-refractivity contribution in [1.82, 2.24) is 10.3 Å². The molecule has 0 aliphatic carbocycles. The van der Waals surface area contributed by atoms with E-state index in [4.69, 9.17) is 0 Å². The Morgan fingerprint density at radius 2 is 2.14 bits per heavy atom. The summed E-state index contributed by atoms with van der Waals surface area (Å²) in [6, 6.07) is 0. The number of piperazine rings is 1. The standard InChI is InChI=1S/C10H17N3S/c1-8(2)9-7-12-10(14-9)13-5-3-11-4-6-13/h7-8,11H,3-6H2,1-2H3. The Morgan fingerprint density at radius 3 is 2.71 bits per heavy atom. The van der Waals surface area contributed by atoms with E-state index in [2.05, 4.69) is 29.0 Å². The van der Waals surface area contributed by atoms with E-state index in [9.17, 15) is 0 Å². The van der Waals surface area contributed by atoms with Crippen LogP contribution in [0.2, 0.25) is 0 Å². The summed E-state index contributed by atoms with van der Waals surface area (Å²) in [5, 5.41) is 4.54. The zero-order valence-electron chi connectivity index (χ0n) is 8.79. The molecule has 0 unspecified atom stereocenters. The number of nitrogens with zero attached hydrogens (tertiary/aromatic N) is 2. The lowest BCUT2D eigenvalue weighted by molar-refractivity contribution is 0.588. The molecular weight excluding hydrogens is 194 g/mol. The van der Waals surface area contributed by atoms with Crippen LogP contribution in [0.4, 0.5) is 5.13 Å². The Hall–Kier alpha value is -0.610. The molecule has 1 saturated heterocycles.